The normalized spacial score (nSPS) is 20.5. The largest absolute Gasteiger partial charge is 0.0622 e. The van der Waals surface area contributed by atoms with E-state index in [-0.39, 0.29) is 0 Å². The summed E-state index contributed by atoms with van der Waals surface area (Å²) in [6.45, 7) is 2.28. The van der Waals surface area contributed by atoms with Crippen molar-refractivity contribution in [1.29, 1.82) is 0 Å². The minimum atomic E-state index is 0.418. The van der Waals surface area contributed by atoms with Gasteiger partial charge in [-0.3, -0.25) is 0 Å². The van der Waals surface area contributed by atoms with Crippen LogP contribution in [0.1, 0.15) is 18.9 Å². The molecule has 0 amide bonds. The first kappa shape index (κ1) is 5.96. The zero-order chi connectivity index (χ0) is 7.03. The van der Waals surface area contributed by atoms with Crippen LogP contribution in [0.25, 0.3) is 0 Å². The van der Waals surface area contributed by atoms with Gasteiger partial charge in [-0.25, -0.2) is 0 Å². The molecule has 1 aromatic carbocycles. The van der Waals surface area contributed by atoms with Gasteiger partial charge in [0.1, 0.15) is 0 Å². The van der Waals surface area contributed by atoms with Gasteiger partial charge in [0, 0.05) is 0 Å². The maximum absolute atomic E-state index is 2.35. The van der Waals surface area contributed by atoms with Gasteiger partial charge in [-0.15, -0.1) is 0 Å². The Hall–Kier alpha value is -0.780. The molecule has 1 aliphatic carbocycles. The van der Waals surface area contributed by atoms with E-state index >= 15 is 0 Å². The summed E-state index contributed by atoms with van der Waals surface area (Å²) in [6, 6.07) is 10.7. The van der Waals surface area contributed by atoms with Crippen molar-refractivity contribution in [3.63, 3.8) is 0 Å². The van der Waals surface area contributed by atoms with Crippen molar-refractivity contribution in [2.24, 2.45) is 0 Å². The second-order valence-electron chi connectivity index (χ2n) is 3.19. The Bertz CT molecular complexity index is 219. The van der Waals surface area contributed by atoms with E-state index < -0.39 is 0 Å². The molecule has 0 nitrogen and oxygen atoms in total. The molecule has 0 heteroatoms. The van der Waals surface area contributed by atoms with Crippen molar-refractivity contribution < 1.29 is 0 Å². The monoisotopic (exact) mass is 131 g/mol. The Kier molecular flexibility index (Phi) is 1.10. The van der Waals surface area contributed by atoms with E-state index in [1.54, 1.807) is 0 Å². The molecule has 0 bridgehead atoms. The van der Waals surface area contributed by atoms with Crippen LogP contribution in [0.5, 0.6) is 0 Å². The molecule has 1 fully saturated rings. The zero-order valence-corrected chi connectivity index (χ0v) is 6.17. The lowest BCUT2D eigenvalue weighted by molar-refractivity contribution is 0.820. The summed E-state index contributed by atoms with van der Waals surface area (Å²) in [7, 11) is 0. The molecule has 0 aliphatic heterocycles. The van der Waals surface area contributed by atoms with E-state index in [2.05, 4.69) is 43.7 Å². The van der Waals surface area contributed by atoms with Gasteiger partial charge in [-0.2, -0.15) is 0 Å². The first-order valence-corrected chi connectivity index (χ1v) is 3.71. The average Bonchev–Trinajstić information content (AvgIpc) is 2.72. The smallest absolute Gasteiger partial charge is 0.00407 e. The molecule has 0 N–H and O–H groups in total. The van der Waals surface area contributed by atoms with Gasteiger partial charge >= 0.3 is 0 Å². The maximum Gasteiger partial charge on any atom is -0.00407 e. The highest BCUT2D eigenvalue weighted by molar-refractivity contribution is 5.36. The summed E-state index contributed by atoms with van der Waals surface area (Å²) in [4.78, 5) is 0. The third kappa shape index (κ3) is 0.841. The second kappa shape index (κ2) is 1.85. The highest BCUT2D eigenvalue weighted by atomic mass is 14.4. The molecule has 10 heavy (non-hydrogen) atoms. The first-order valence-electron chi connectivity index (χ1n) is 3.71. The Balaban J connectivity index is 2.35. The standard InChI is InChI=1S/C10H11/c1-10(7-8-10)9-5-3-2-4-6-9/h2-7H,8H2,1H3. The molecule has 1 aromatic rings. The fourth-order valence-electron chi connectivity index (χ4n) is 1.21. The molecule has 0 aromatic heterocycles. The highest BCUT2D eigenvalue weighted by Gasteiger charge is 2.38. The lowest BCUT2D eigenvalue weighted by Gasteiger charge is -2.06. The highest BCUT2D eigenvalue weighted by Crippen LogP contribution is 2.45. The number of rotatable bonds is 1. The molecule has 1 saturated carbocycles. The first-order chi connectivity index (χ1) is 4.81. The second-order valence-corrected chi connectivity index (χ2v) is 3.19. The molecule has 2 rings (SSSR count). The van der Waals surface area contributed by atoms with E-state index in [1.165, 1.54) is 12.0 Å². The summed E-state index contributed by atoms with van der Waals surface area (Å²) in [6.07, 6.45) is 3.60. The summed E-state index contributed by atoms with van der Waals surface area (Å²) in [5.74, 6) is 0. The number of hydrogen-bond acceptors (Lipinski definition) is 0. The Morgan fingerprint density at radius 3 is 2.30 bits per heavy atom. The quantitative estimate of drug-likeness (QED) is 0.549. The van der Waals surface area contributed by atoms with Crippen LogP contribution < -0.4 is 0 Å². The van der Waals surface area contributed by atoms with Gasteiger partial charge in [0.15, 0.2) is 0 Å². The Morgan fingerprint density at radius 1 is 1.20 bits per heavy atom. The van der Waals surface area contributed by atoms with Crippen LogP contribution in [0, 0.1) is 6.42 Å². The fourth-order valence-corrected chi connectivity index (χ4v) is 1.21. The molecule has 1 radical (unpaired) electrons. The van der Waals surface area contributed by atoms with E-state index in [0.29, 0.717) is 5.41 Å². The minimum absolute atomic E-state index is 0.418. The van der Waals surface area contributed by atoms with Crippen LogP contribution in [-0.2, 0) is 5.41 Å². The molecule has 0 heterocycles. The van der Waals surface area contributed by atoms with Gasteiger partial charge in [-0.05, 0) is 23.8 Å². The van der Waals surface area contributed by atoms with Crippen molar-refractivity contribution in [1.82, 2.24) is 0 Å². The van der Waals surface area contributed by atoms with Gasteiger partial charge in [0.25, 0.3) is 0 Å². The minimum Gasteiger partial charge on any atom is -0.0622 e. The van der Waals surface area contributed by atoms with Gasteiger partial charge in [0.05, 0.1) is 0 Å². The third-order valence-corrected chi connectivity index (χ3v) is 2.25. The molecule has 0 spiro atoms. The van der Waals surface area contributed by atoms with E-state index in [9.17, 15) is 0 Å². The Morgan fingerprint density at radius 2 is 1.80 bits per heavy atom. The van der Waals surface area contributed by atoms with Crippen LogP contribution in [0.4, 0.5) is 0 Å². The fraction of sp³-hybridized carbons (Fsp3) is 0.300. The lowest BCUT2D eigenvalue weighted by Crippen LogP contribution is -1.97. The van der Waals surface area contributed by atoms with Crippen molar-refractivity contribution in [2.75, 3.05) is 0 Å². The summed E-state index contributed by atoms with van der Waals surface area (Å²) >= 11 is 0. The topological polar surface area (TPSA) is 0 Å². The van der Waals surface area contributed by atoms with Crippen molar-refractivity contribution in [3.05, 3.63) is 42.3 Å². The summed E-state index contributed by atoms with van der Waals surface area (Å²) in [5.41, 5.74) is 1.87. The lowest BCUT2D eigenvalue weighted by atomic mass is 9.99. The van der Waals surface area contributed by atoms with Crippen LogP contribution in [-0.4, -0.2) is 0 Å². The van der Waals surface area contributed by atoms with E-state index in [4.69, 9.17) is 0 Å². The predicted molar refractivity (Wildman–Crippen MR) is 42.7 cm³/mol. The Labute approximate surface area is 61.9 Å². The summed E-state index contributed by atoms with van der Waals surface area (Å²) < 4.78 is 0. The molecule has 51 valence electrons. The SMILES string of the molecule is CC1(c2ccccc2)[CH]C1. The number of hydrogen-bond donors (Lipinski definition) is 0. The van der Waals surface area contributed by atoms with E-state index in [1.807, 2.05) is 0 Å². The molecular weight excluding hydrogens is 120 g/mol. The van der Waals surface area contributed by atoms with Gasteiger partial charge < -0.3 is 0 Å². The van der Waals surface area contributed by atoms with Crippen LogP contribution in [0.15, 0.2) is 30.3 Å². The molecule has 1 atom stereocenters. The molecule has 1 aliphatic rings. The van der Waals surface area contributed by atoms with Crippen LogP contribution in [0.3, 0.4) is 0 Å². The molecule has 0 saturated heterocycles. The average molecular weight is 131 g/mol. The maximum atomic E-state index is 2.35. The zero-order valence-electron chi connectivity index (χ0n) is 6.17. The van der Waals surface area contributed by atoms with Crippen molar-refractivity contribution in [2.45, 2.75) is 18.8 Å². The predicted octanol–water partition coefficient (Wildman–Crippen LogP) is 2.55. The van der Waals surface area contributed by atoms with Crippen molar-refractivity contribution in [3.8, 4) is 0 Å². The van der Waals surface area contributed by atoms with Gasteiger partial charge in [-0.1, -0.05) is 37.3 Å². The molecular formula is C10H11. The molecule has 1 unspecified atom stereocenters. The van der Waals surface area contributed by atoms with E-state index in [0.717, 1.165) is 0 Å². The van der Waals surface area contributed by atoms with Crippen molar-refractivity contribution >= 4 is 0 Å². The summed E-state index contributed by atoms with van der Waals surface area (Å²) in [5, 5.41) is 0. The van der Waals surface area contributed by atoms with Crippen LogP contribution >= 0.6 is 0 Å². The third-order valence-electron chi connectivity index (χ3n) is 2.25. The van der Waals surface area contributed by atoms with Crippen LogP contribution in [0.2, 0.25) is 0 Å². The number of benzene rings is 1. The van der Waals surface area contributed by atoms with Gasteiger partial charge in [0.2, 0.25) is 0 Å².